The molecular weight excluding hydrogens is 292 g/mol. The summed E-state index contributed by atoms with van der Waals surface area (Å²) in [5.41, 5.74) is 0.735. The molecule has 0 unspecified atom stereocenters. The Morgan fingerprint density at radius 2 is 2.28 bits per heavy atom. The number of hydrogen-bond acceptors (Lipinski definition) is 1. The van der Waals surface area contributed by atoms with Crippen LogP contribution in [0.3, 0.4) is 0 Å². The van der Waals surface area contributed by atoms with Gasteiger partial charge in [0.15, 0.2) is 0 Å². The molecule has 0 fully saturated rings. The fourth-order valence-corrected chi connectivity index (χ4v) is 2.36. The minimum Gasteiger partial charge on any atom is -0.342 e. The van der Waals surface area contributed by atoms with Gasteiger partial charge in [-0.05, 0) is 42.3 Å². The molecule has 1 heterocycles. The van der Waals surface area contributed by atoms with Gasteiger partial charge in [-0.15, -0.1) is 6.58 Å². The normalized spacial score (nSPS) is 10.7. The van der Waals surface area contributed by atoms with Crippen molar-refractivity contribution in [1.29, 1.82) is 0 Å². The molecule has 4 heteroatoms. The van der Waals surface area contributed by atoms with Gasteiger partial charge in [0.25, 0.3) is 5.91 Å². The maximum atomic E-state index is 12.5. The lowest BCUT2D eigenvalue weighted by Gasteiger charge is -2.25. The lowest BCUT2D eigenvalue weighted by molar-refractivity contribution is 0.0717. The minimum absolute atomic E-state index is 0.0593. The summed E-state index contributed by atoms with van der Waals surface area (Å²) < 4.78 is 2.95. The van der Waals surface area contributed by atoms with Gasteiger partial charge in [0.05, 0.1) is 0 Å². The summed E-state index contributed by atoms with van der Waals surface area (Å²) >= 11 is 3.43. The first-order valence-corrected chi connectivity index (χ1v) is 7.08. The number of halogens is 1. The quantitative estimate of drug-likeness (QED) is 0.735. The minimum atomic E-state index is 0.0593. The predicted molar refractivity (Wildman–Crippen MR) is 78.8 cm³/mol. The van der Waals surface area contributed by atoms with Crippen molar-refractivity contribution in [2.75, 3.05) is 6.54 Å². The van der Waals surface area contributed by atoms with Gasteiger partial charge in [0, 0.05) is 29.8 Å². The molecular formula is C14H21BrN2O. The SMILES string of the molecule is C=CCN(C(=O)c1cc(Br)cn1CCC)C(C)C. The Labute approximate surface area is 118 Å². The highest BCUT2D eigenvalue weighted by atomic mass is 79.9. The highest BCUT2D eigenvalue weighted by molar-refractivity contribution is 9.10. The number of amides is 1. The van der Waals surface area contributed by atoms with Crippen LogP contribution in [0.5, 0.6) is 0 Å². The van der Waals surface area contributed by atoms with Gasteiger partial charge in [0.2, 0.25) is 0 Å². The van der Waals surface area contributed by atoms with E-state index >= 15 is 0 Å². The van der Waals surface area contributed by atoms with Crippen molar-refractivity contribution in [3.05, 3.63) is 35.1 Å². The Kier molecular flexibility index (Phi) is 5.66. The Bertz CT molecular complexity index is 423. The van der Waals surface area contributed by atoms with E-state index in [0.717, 1.165) is 23.1 Å². The highest BCUT2D eigenvalue weighted by Gasteiger charge is 2.21. The highest BCUT2D eigenvalue weighted by Crippen LogP contribution is 2.18. The summed E-state index contributed by atoms with van der Waals surface area (Å²) in [5, 5.41) is 0. The van der Waals surface area contributed by atoms with E-state index in [9.17, 15) is 4.79 Å². The molecule has 3 nitrogen and oxygen atoms in total. The van der Waals surface area contributed by atoms with Gasteiger partial charge < -0.3 is 9.47 Å². The Morgan fingerprint density at radius 1 is 1.61 bits per heavy atom. The summed E-state index contributed by atoms with van der Waals surface area (Å²) in [6.45, 7) is 11.3. The van der Waals surface area contributed by atoms with E-state index < -0.39 is 0 Å². The maximum absolute atomic E-state index is 12.5. The summed E-state index contributed by atoms with van der Waals surface area (Å²) in [6.07, 6.45) is 4.73. The third-order valence-corrected chi connectivity index (χ3v) is 3.19. The topological polar surface area (TPSA) is 25.2 Å². The molecule has 18 heavy (non-hydrogen) atoms. The number of rotatable bonds is 6. The molecule has 0 spiro atoms. The van der Waals surface area contributed by atoms with E-state index in [4.69, 9.17) is 0 Å². The number of hydrogen-bond donors (Lipinski definition) is 0. The number of nitrogens with zero attached hydrogens (tertiary/aromatic N) is 2. The third-order valence-electron chi connectivity index (χ3n) is 2.76. The van der Waals surface area contributed by atoms with Crippen LogP contribution in [0.25, 0.3) is 0 Å². The van der Waals surface area contributed by atoms with E-state index in [1.54, 1.807) is 6.08 Å². The van der Waals surface area contributed by atoms with Gasteiger partial charge in [-0.25, -0.2) is 0 Å². The molecule has 0 bridgehead atoms. The van der Waals surface area contributed by atoms with Crippen molar-refractivity contribution in [2.24, 2.45) is 0 Å². The van der Waals surface area contributed by atoms with Crippen molar-refractivity contribution < 1.29 is 4.79 Å². The first-order chi connectivity index (χ1) is 8.51. The van der Waals surface area contributed by atoms with Crippen LogP contribution < -0.4 is 0 Å². The zero-order chi connectivity index (χ0) is 13.7. The molecule has 0 saturated heterocycles. The first-order valence-electron chi connectivity index (χ1n) is 6.28. The average Bonchev–Trinajstić information content (AvgIpc) is 2.66. The summed E-state index contributed by atoms with van der Waals surface area (Å²) in [4.78, 5) is 14.3. The average molecular weight is 313 g/mol. The van der Waals surface area contributed by atoms with E-state index in [2.05, 4.69) is 29.4 Å². The Morgan fingerprint density at radius 3 is 2.78 bits per heavy atom. The molecule has 1 aromatic rings. The summed E-state index contributed by atoms with van der Waals surface area (Å²) in [5.74, 6) is 0.0593. The fraction of sp³-hybridized carbons (Fsp3) is 0.500. The van der Waals surface area contributed by atoms with Crippen molar-refractivity contribution in [2.45, 2.75) is 39.8 Å². The molecule has 0 aliphatic carbocycles. The van der Waals surface area contributed by atoms with E-state index in [1.165, 1.54) is 0 Å². The second-order valence-electron chi connectivity index (χ2n) is 4.58. The van der Waals surface area contributed by atoms with Gasteiger partial charge in [-0.3, -0.25) is 4.79 Å². The zero-order valence-electron chi connectivity index (χ0n) is 11.3. The second-order valence-corrected chi connectivity index (χ2v) is 5.49. The Balaban J connectivity index is 3.03. The molecule has 100 valence electrons. The molecule has 0 N–H and O–H groups in total. The lowest BCUT2D eigenvalue weighted by Crippen LogP contribution is -2.38. The van der Waals surface area contributed by atoms with Crippen molar-refractivity contribution >= 4 is 21.8 Å². The van der Waals surface area contributed by atoms with Crippen LogP contribution in [-0.4, -0.2) is 28.0 Å². The lowest BCUT2D eigenvalue weighted by atomic mass is 10.2. The van der Waals surface area contributed by atoms with E-state index in [1.807, 2.05) is 35.6 Å². The number of carbonyl (C=O) groups is 1. The van der Waals surface area contributed by atoms with Crippen LogP contribution in [0.15, 0.2) is 29.4 Å². The molecule has 0 radical (unpaired) electrons. The molecule has 0 aromatic carbocycles. The van der Waals surface area contributed by atoms with Crippen LogP contribution in [0.2, 0.25) is 0 Å². The number of aryl methyl sites for hydroxylation is 1. The van der Waals surface area contributed by atoms with Crippen molar-refractivity contribution in [3.8, 4) is 0 Å². The maximum Gasteiger partial charge on any atom is 0.271 e. The van der Waals surface area contributed by atoms with Crippen molar-refractivity contribution in [3.63, 3.8) is 0 Å². The van der Waals surface area contributed by atoms with Crippen LogP contribution >= 0.6 is 15.9 Å². The summed E-state index contributed by atoms with van der Waals surface area (Å²) in [6, 6.07) is 2.05. The molecule has 0 aliphatic heterocycles. The van der Waals surface area contributed by atoms with Gasteiger partial charge in [0.1, 0.15) is 5.69 Å². The fourth-order valence-electron chi connectivity index (χ4n) is 1.89. The van der Waals surface area contributed by atoms with Crippen LogP contribution in [0.4, 0.5) is 0 Å². The Hall–Kier alpha value is -1.03. The molecule has 0 atom stereocenters. The summed E-state index contributed by atoms with van der Waals surface area (Å²) in [7, 11) is 0. The number of carbonyl (C=O) groups excluding carboxylic acids is 1. The van der Waals surface area contributed by atoms with Gasteiger partial charge >= 0.3 is 0 Å². The molecule has 1 rings (SSSR count). The van der Waals surface area contributed by atoms with Crippen LogP contribution in [0, 0.1) is 0 Å². The zero-order valence-corrected chi connectivity index (χ0v) is 12.9. The molecule has 1 aromatic heterocycles. The number of aromatic nitrogens is 1. The van der Waals surface area contributed by atoms with Crippen molar-refractivity contribution in [1.82, 2.24) is 9.47 Å². The molecule has 0 saturated carbocycles. The van der Waals surface area contributed by atoms with Gasteiger partial charge in [-0.2, -0.15) is 0 Å². The third kappa shape index (κ3) is 3.48. The first kappa shape index (κ1) is 15.0. The standard InChI is InChI=1S/C14H21BrN2O/c1-5-7-16-10-12(15)9-13(16)14(18)17(8-6-2)11(3)4/h6,9-11H,2,5,7-8H2,1,3-4H3. The smallest absolute Gasteiger partial charge is 0.271 e. The molecule has 1 amide bonds. The van der Waals surface area contributed by atoms with Gasteiger partial charge in [-0.1, -0.05) is 13.0 Å². The van der Waals surface area contributed by atoms with E-state index in [0.29, 0.717) is 6.54 Å². The largest absolute Gasteiger partial charge is 0.342 e. The molecule has 0 aliphatic rings. The monoisotopic (exact) mass is 312 g/mol. The predicted octanol–water partition coefficient (Wildman–Crippen LogP) is 3.70. The van der Waals surface area contributed by atoms with Crippen LogP contribution in [0.1, 0.15) is 37.7 Å². The van der Waals surface area contributed by atoms with Crippen LogP contribution in [-0.2, 0) is 6.54 Å². The second kappa shape index (κ2) is 6.78. The van der Waals surface area contributed by atoms with E-state index in [-0.39, 0.29) is 11.9 Å².